The van der Waals surface area contributed by atoms with Gasteiger partial charge in [-0.3, -0.25) is 4.79 Å². The van der Waals surface area contributed by atoms with Crippen molar-refractivity contribution in [2.24, 2.45) is 0 Å². The molecule has 0 aromatic heterocycles. The molecule has 0 saturated carbocycles. The molecule has 102 valence electrons. The SMILES string of the molecule is O=C(O)[C@H]1CCCN1C(=O)CCC1CCCCN1. The molecular weight excluding hydrogens is 232 g/mol. The van der Waals surface area contributed by atoms with E-state index in [0.717, 1.165) is 25.8 Å². The number of carboxylic acids is 1. The number of carbonyl (C=O) groups excluding carboxylic acids is 1. The molecule has 2 saturated heterocycles. The highest BCUT2D eigenvalue weighted by Crippen LogP contribution is 2.20. The topological polar surface area (TPSA) is 69.6 Å². The van der Waals surface area contributed by atoms with Gasteiger partial charge in [0.1, 0.15) is 6.04 Å². The lowest BCUT2D eigenvalue weighted by atomic mass is 10.0. The van der Waals surface area contributed by atoms with Crippen molar-refractivity contribution < 1.29 is 14.7 Å². The molecule has 5 nitrogen and oxygen atoms in total. The van der Waals surface area contributed by atoms with Gasteiger partial charge in [0.05, 0.1) is 0 Å². The molecule has 1 unspecified atom stereocenters. The second-order valence-corrected chi connectivity index (χ2v) is 5.27. The fourth-order valence-corrected chi connectivity index (χ4v) is 2.93. The molecule has 2 atom stereocenters. The predicted molar refractivity (Wildman–Crippen MR) is 67.2 cm³/mol. The number of nitrogens with zero attached hydrogens (tertiary/aromatic N) is 1. The van der Waals surface area contributed by atoms with E-state index in [1.807, 2.05) is 0 Å². The predicted octanol–water partition coefficient (Wildman–Crippen LogP) is 0.984. The number of carbonyl (C=O) groups is 2. The summed E-state index contributed by atoms with van der Waals surface area (Å²) in [4.78, 5) is 24.6. The molecule has 0 aromatic rings. The number of aliphatic carboxylic acids is 1. The summed E-state index contributed by atoms with van der Waals surface area (Å²) in [7, 11) is 0. The van der Waals surface area contributed by atoms with E-state index in [9.17, 15) is 9.59 Å². The quantitative estimate of drug-likeness (QED) is 0.785. The molecule has 0 spiro atoms. The molecule has 5 heteroatoms. The summed E-state index contributed by atoms with van der Waals surface area (Å²) in [5, 5.41) is 12.5. The Morgan fingerprint density at radius 1 is 1.22 bits per heavy atom. The number of likely N-dealkylation sites (tertiary alicyclic amines) is 1. The Balaban J connectivity index is 1.78. The standard InChI is InChI=1S/C13H22N2O3/c16-12(7-6-10-4-1-2-8-14-10)15-9-3-5-11(15)13(17)18/h10-11,14H,1-9H2,(H,17,18)/t10?,11-/m1/s1. The number of hydrogen-bond acceptors (Lipinski definition) is 3. The first-order valence-electron chi connectivity index (χ1n) is 6.94. The summed E-state index contributed by atoms with van der Waals surface area (Å²) >= 11 is 0. The van der Waals surface area contributed by atoms with Crippen molar-refractivity contribution in [3.05, 3.63) is 0 Å². The second kappa shape index (κ2) is 6.18. The van der Waals surface area contributed by atoms with Crippen LogP contribution < -0.4 is 5.32 Å². The van der Waals surface area contributed by atoms with E-state index in [0.29, 0.717) is 25.4 Å². The van der Waals surface area contributed by atoms with Gasteiger partial charge >= 0.3 is 5.97 Å². The van der Waals surface area contributed by atoms with Crippen LogP contribution in [0.25, 0.3) is 0 Å². The van der Waals surface area contributed by atoms with Crippen LogP contribution in [0.5, 0.6) is 0 Å². The Morgan fingerprint density at radius 2 is 2.06 bits per heavy atom. The molecule has 0 aliphatic carbocycles. The fraction of sp³-hybridized carbons (Fsp3) is 0.846. The third kappa shape index (κ3) is 3.22. The number of piperidine rings is 1. The molecule has 0 bridgehead atoms. The molecule has 0 aromatic carbocycles. The van der Waals surface area contributed by atoms with Crippen LogP contribution >= 0.6 is 0 Å². The number of hydrogen-bond donors (Lipinski definition) is 2. The molecule has 2 fully saturated rings. The summed E-state index contributed by atoms with van der Waals surface area (Å²) in [6.07, 6.45) is 6.30. The minimum atomic E-state index is -0.864. The van der Waals surface area contributed by atoms with E-state index in [2.05, 4.69) is 5.32 Å². The van der Waals surface area contributed by atoms with Gasteiger partial charge in [-0.1, -0.05) is 6.42 Å². The normalized spacial score (nSPS) is 28.3. The third-order valence-corrected chi connectivity index (χ3v) is 3.98. The Morgan fingerprint density at radius 3 is 2.72 bits per heavy atom. The van der Waals surface area contributed by atoms with Gasteiger partial charge in [0, 0.05) is 19.0 Å². The van der Waals surface area contributed by atoms with Gasteiger partial charge in [-0.25, -0.2) is 4.79 Å². The van der Waals surface area contributed by atoms with Crippen LogP contribution in [0.1, 0.15) is 44.9 Å². The molecule has 1 amide bonds. The molecule has 2 rings (SSSR count). The molecule has 2 heterocycles. The van der Waals surface area contributed by atoms with Crippen molar-refractivity contribution in [1.29, 1.82) is 0 Å². The minimum Gasteiger partial charge on any atom is -0.480 e. The Hall–Kier alpha value is -1.10. The molecule has 18 heavy (non-hydrogen) atoms. The minimum absolute atomic E-state index is 0.00673. The highest BCUT2D eigenvalue weighted by Gasteiger charge is 2.33. The highest BCUT2D eigenvalue weighted by atomic mass is 16.4. The Bertz CT molecular complexity index is 313. The average molecular weight is 254 g/mol. The van der Waals surface area contributed by atoms with Gasteiger partial charge in [-0.15, -0.1) is 0 Å². The van der Waals surface area contributed by atoms with Crippen molar-refractivity contribution in [1.82, 2.24) is 10.2 Å². The van der Waals surface area contributed by atoms with E-state index in [4.69, 9.17) is 5.11 Å². The molecule has 2 aliphatic heterocycles. The summed E-state index contributed by atoms with van der Waals surface area (Å²) in [5.74, 6) is -0.857. The number of carboxylic acid groups (broad SMARTS) is 1. The van der Waals surface area contributed by atoms with E-state index in [-0.39, 0.29) is 5.91 Å². The van der Waals surface area contributed by atoms with Crippen LogP contribution in [0, 0.1) is 0 Å². The zero-order valence-corrected chi connectivity index (χ0v) is 10.7. The van der Waals surface area contributed by atoms with Crippen LogP contribution in [0.3, 0.4) is 0 Å². The van der Waals surface area contributed by atoms with E-state index in [1.165, 1.54) is 12.8 Å². The number of amides is 1. The zero-order chi connectivity index (χ0) is 13.0. The Kier molecular flexibility index (Phi) is 4.58. The van der Waals surface area contributed by atoms with Crippen molar-refractivity contribution >= 4 is 11.9 Å². The van der Waals surface area contributed by atoms with Crippen LogP contribution in [0.2, 0.25) is 0 Å². The number of nitrogens with one attached hydrogen (secondary N) is 1. The summed E-state index contributed by atoms with van der Waals surface area (Å²) in [5.41, 5.74) is 0. The summed E-state index contributed by atoms with van der Waals surface area (Å²) in [6, 6.07) is -0.148. The van der Waals surface area contributed by atoms with Crippen molar-refractivity contribution in [2.75, 3.05) is 13.1 Å². The van der Waals surface area contributed by atoms with Crippen molar-refractivity contribution in [3.8, 4) is 0 Å². The maximum Gasteiger partial charge on any atom is 0.326 e. The fourth-order valence-electron chi connectivity index (χ4n) is 2.93. The van der Waals surface area contributed by atoms with Crippen molar-refractivity contribution in [3.63, 3.8) is 0 Å². The van der Waals surface area contributed by atoms with Gasteiger partial charge < -0.3 is 15.3 Å². The van der Waals surface area contributed by atoms with Crippen LogP contribution in [-0.4, -0.2) is 47.1 Å². The van der Waals surface area contributed by atoms with Crippen molar-refractivity contribution in [2.45, 2.75) is 57.0 Å². The largest absolute Gasteiger partial charge is 0.480 e. The van der Waals surface area contributed by atoms with Crippen LogP contribution in [0.4, 0.5) is 0 Å². The van der Waals surface area contributed by atoms with Gasteiger partial charge in [0.15, 0.2) is 0 Å². The lowest BCUT2D eigenvalue weighted by Crippen LogP contribution is -2.41. The van der Waals surface area contributed by atoms with Gasteiger partial charge in [0.2, 0.25) is 5.91 Å². The highest BCUT2D eigenvalue weighted by molar-refractivity contribution is 5.84. The van der Waals surface area contributed by atoms with E-state index >= 15 is 0 Å². The van der Waals surface area contributed by atoms with Gasteiger partial charge in [0.25, 0.3) is 0 Å². The smallest absolute Gasteiger partial charge is 0.326 e. The molecule has 2 N–H and O–H groups in total. The Labute approximate surface area is 108 Å². The molecule has 2 aliphatic rings. The molecule has 0 radical (unpaired) electrons. The second-order valence-electron chi connectivity index (χ2n) is 5.27. The van der Waals surface area contributed by atoms with E-state index < -0.39 is 12.0 Å². The maximum absolute atomic E-state index is 12.0. The molecular formula is C13H22N2O3. The van der Waals surface area contributed by atoms with E-state index in [1.54, 1.807) is 4.90 Å². The number of rotatable bonds is 4. The monoisotopic (exact) mass is 254 g/mol. The van der Waals surface area contributed by atoms with Gasteiger partial charge in [-0.05, 0) is 38.6 Å². The van der Waals surface area contributed by atoms with Crippen LogP contribution in [0.15, 0.2) is 0 Å². The first-order valence-corrected chi connectivity index (χ1v) is 6.94. The maximum atomic E-state index is 12.0. The summed E-state index contributed by atoms with van der Waals surface area (Å²) < 4.78 is 0. The first kappa shape index (κ1) is 13.3. The summed E-state index contributed by atoms with van der Waals surface area (Å²) in [6.45, 7) is 1.65. The lowest BCUT2D eigenvalue weighted by molar-refractivity contribution is -0.148. The van der Waals surface area contributed by atoms with Gasteiger partial charge in [-0.2, -0.15) is 0 Å². The first-order chi connectivity index (χ1) is 8.68. The average Bonchev–Trinajstić information content (AvgIpc) is 2.86. The zero-order valence-electron chi connectivity index (χ0n) is 10.7. The van der Waals surface area contributed by atoms with Crippen LogP contribution in [-0.2, 0) is 9.59 Å². The lowest BCUT2D eigenvalue weighted by Gasteiger charge is -2.25. The third-order valence-electron chi connectivity index (χ3n) is 3.98.